The number of aryl methyl sites for hydroxylation is 12. The summed E-state index contributed by atoms with van der Waals surface area (Å²) in [6.07, 6.45) is 2.06. The molecule has 0 saturated carbocycles. The minimum absolute atomic E-state index is 0.194. The van der Waals surface area contributed by atoms with E-state index < -0.39 is 15.8 Å². The van der Waals surface area contributed by atoms with Crippen LogP contribution in [0.2, 0.25) is 0 Å². The molecule has 2 aliphatic carbocycles. The summed E-state index contributed by atoms with van der Waals surface area (Å²) in [5.74, 6) is 0.389. The van der Waals surface area contributed by atoms with Crippen molar-refractivity contribution in [2.45, 2.75) is 103 Å². The minimum atomic E-state index is -1.04. The number of aliphatic imine (C=N–C) groups is 4. The molecule has 0 fully saturated rings. The van der Waals surface area contributed by atoms with Gasteiger partial charge in [0.1, 0.15) is 0 Å². The van der Waals surface area contributed by atoms with Crippen LogP contribution in [0.3, 0.4) is 0 Å². The van der Waals surface area contributed by atoms with Crippen LogP contribution < -0.4 is 21.2 Å². The summed E-state index contributed by atoms with van der Waals surface area (Å²) in [6.45, 7) is 32.4. The average Bonchev–Trinajstić information content (AvgIpc) is 1.62. The molecule has 0 unspecified atom stereocenters. The molecular formula is C79H82Cl4Fe2N4P2+2. The van der Waals surface area contributed by atoms with E-state index in [2.05, 4.69) is 273 Å². The third-order valence-electron chi connectivity index (χ3n) is 16.8. The number of hydrogen-bond donors (Lipinski definition) is 0. The fraction of sp³-hybridized carbons (Fsp3) is 0.241. The molecule has 0 radical (unpaired) electrons. The number of para-hydroxylation sites is 1. The number of benzene rings is 10. The monoisotopic (exact) mass is 1400 g/mol. The molecule has 12 heteroatoms. The molecule has 0 aromatic heterocycles. The summed E-state index contributed by atoms with van der Waals surface area (Å²) >= 11 is 0.389. The quantitative estimate of drug-likeness (QED) is 0.0816. The van der Waals surface area contributed by atoms with Crippen LogP contribution in [0.4, 0.5) is 11.4 Å². The van der Waals surface area contributed by atoms with Crippen LogP contribution in [0, 0.1) is 83.1 Å². The van der Waals surface area contributed by atoms with Crippen molar-refractivity contribution in [1.82, 2.24) is 0 Å². The zero-order valence-electron chi connectivity index (χ0n) is 54.7. The van der Waals surface area contributed by atoms with Gasteiger partial charge in [-0.3, -0.25) is 9.98 Å². The maximum atomic E-state index is 5.45. The van der Waals surface area contributed by atoms with E-state index in [4.69, 9.17) is 60.4 Å². The Bertz CT molecular complexity index is 4240. The van der Waals surface area contributed by atoms with Crippen LogP contribution >= 0.6 is 56.2 Å². The van der Waals surface area contributed by atoms with Crippen LogP contribution in [-0.4, -0.2) is 48.3 Å². The van der Waals surface area contributed by atoms with Gasteiger partial charge in [0, 0.05) is 33.0 Å². The number of hydrogen-bond acceptors (Lipinski definition) is 4. The van der Waals surface area contributed by atoms with Gasteiger partial charge in [-0.15, -0.1) is 0 Å². The normalized spacial score (nSPS) is 14.1. The number of nitrogens with zero attached hydrogens (tertiary/aromatic N) is 4. The molecule has 0 atom stereocenters. The third kappa shape index (κ3) is 16.9. The predicted octanol–water partition coefficient (Wildman–Crippen LogP) is 20.8. The second-order valence-corrected chi connectivity index (χ2v) is 33.6. The van der Waals surface area contributed by atoms with Crippen molar-refractivity contribution >= 4 is 133 Å². The fourth-order valence-corrected chi connectivity index (χ4v) is 19.2. The van der Waals surface area contributed by atoms with Crippen molar-refractivity contribution in [3.8, 4) is 0 Å². The number of rotatable bonds is 13. The fourth-order valence-electron chi connectivity index (χ4n) is 13.5. The first-order chi connectivity index (χ1) is 43.7. The summed E-state index contributed by atoms with van der Waals surface area (Å²) in [5.41, 5.74) is 27.8. The van der Waals surface area contributed by atoms with Gasteiger partial charge in [0.05, 0.1) is 96.7 Å². The Hall–Kier alpha value is -5.54. The van der Waals surface area contributed by atoms with Crippen LogP contribution in [-0.2, 0) is 26.3 Å². The van der Waals surface area contributed by atoms with Crippen molar-refractivity contribution < 1.29 is 26.3 Å². The van der Waals surface area contributed by atoms with E-state index in [9.17, 15) is 0 Å². The summed E-state index contributed by atoms with van der Waals surface area (Å²) in [5, 5.41) is 10.9. The standard InChI is InChI=1S/C40H41N2P.C39H39N2P.4ClH.2Fe/c1-25(2)34-14-8-11-30(7)38(34)42-40-36-16-10-13-31-12-9-15-35(37(31)36)39(40)41-17-18-43(32-21-26(3)19-27(4)22-32)33-23-28(5)20-29(6)24-33;1-24-16-25(2)21-32(20-24)42(33-22-26(3)17-27(4)23-33)15-14-40-38-34-12-8-10-31-11-9-13-35(36(31)34)39(38)41-37-29(6)18-28(5)19-30(37)7;;;;;;/h8-16,19-25H,17-18H2,1-7H3;8-13,16-23H,14-15H2,1-7H3;4*1H;;/q;;;;;;2*+2/p-2. The van der Waals surface area contributed by atoms with Crippen LogP contribution in [0.25, 0.3) is 21.5 Å². The summed E-state index contributed by atoms with van der Waals surface area (Å²) in [4.78, 5) is 21.7. The van der Waals surface area contributed by atoms with Gasteiger partial charge < -0.3 is 0 Å². The van der Waals surface area contributed by atoms with Gasteiger partial charge in [-0.05, 0) is 215 Å². The van der Waals surface area contributed by atoms with Crippen LogP contribution in [0.5, 0.6) is 0 Å². The molecule has 470 valence electrons. The zero-order chi connectivity index (χ0) is 65.2. The molecule has 10 aromatic rings. The SMILES string of the molecule is Cc1cc(C)cc([PH+](CCN=C2C(=Nc3c(C)cc(C)cc3C)c3cccc4cccc2c34)c2cc(C)cc(C)c2)c1.Cc1cc(C)cc([PH+](CCN=C2C(=Nc3c(C)cccc3C(C)C)c3cccc4cccc2c34)c2cc(C)cc(C)c2)c1.[Cl][Fe][Cl].[Cl][Fe][Cl]. The van der Waals surface area contributed by atoms with E-state index in [1.165, 1.54) is 137 Å². The Labute approximate surface area is 573 Å². The molecule has 0 saturated heterocycles. The van der Waals surface area contributed by atoms with Crippen molar-refractivity contribution in [2.75, 3.05) is 25.4 Å². The Morgan fingerprint density at radius 2 is 0.626 bits per heavy atom. The first-order valence-electron chi connectivity index (χ1n) is 31.0. The molecule has 0 aliphatic heterocycles. The molecule has 2 aliphatic rings. The van der Waals surface area contributed by atoms with Gasteiger partial charge in [0.2, 0.25) is 0 Å². The van der Waals surface area contributed by atoms with Crippen molar-refractivity contribution in [3.05, 3.63) is 271 Å². The van der Waals surface area contributed by atoms with E-state index >= 15 is 0 Å². The first kappa shape index (κ1) is 69.8. The Morgan fingerprint density at radius 3 is 0.945 bits per heavy atom. The van der Waals surface area contributed by atoms with Gasteiger partial charge in [-0.25, -0.2) is 9.98 Å². The van der Waals surface area contributed by atoms with Gasteiger partial charge in [-0.2, -0.15) is 0 Å². The molecule has 91 heavy (non-hydrogen) atoms. The van der Waals surface area contributed by atoms with Crippen molar-refractivity contribution in [1.29, 1.82) is 0 Å². The molecule has 0 spiro atoms. The average molecular weight is 1400 g/mol. The first-order valence-corrected chi connectivity index (χ1v) is 40.5. The van der Waals surface area contributed by atoms with E-state index in [-0.39, 0.29) is 26.3 Å². The second kappa shape index (κ2) is 32.1. The van der Waals surface area contributed by atoms with E-state index in [1.807, 2.05) is 0 Å². The zero-order valence-corrected chi connectivity index (χ0v) is 61.9. The predicted molar refractivity (Wildman–Crippen MR) is 401 cm³/mol. The molecule has 12 rings (SSSR count). The van der Waals surface area contributed by atoms with Crippen molar-refractivity contribution in [3.63, 3.8) is 0 Å². The Balaban J connectivity index is 0.000000198. The molecule has 0 heterocycles. The second-order valence-electron chi connectivity index (χ2n) is 24.8. The Kier molecular flexibility index (Phi) is 24.6. The van der Waals surface area contributed by atoms with Gasteiger partial charge in [0.25, 0.3) is 0 Å². The van der Waals surface area contributed by atoms with Gasteiger partial charge >= 0.3 is 66.7 Å². The van der Waals surface area contributed by atoms with E-state index in [1.54, 1.807) is 0 Å². The maximum absolute atomic E-state index is 5.45. The topological polar surface area (TPSA) is 49.4 Å². The van der Waals surface area contributed by atoms with Gasteiger partial charge in [-0.1, -0.05) is 147 Å². The van der Waals surface area contributed by atoms with Gasteiger partial charge in [0.15, 0.2) is 0 Å². The van der Waals surface area contributed by atoms with E-state index in [0.29, 0.717) is 5.92 Å². The Morgan fingerprint density at radius 1 is 0.341 bits per heavy atom. The van der Waals surface area contributed by atoms with E-state index in [0.717, 1.165) is 59.6 Å². The number of halogens is 4. The van der Waals surface area contributed by atoms with Crippen molar-refractivity contribution in [2.24, 2.45) is 20.0 Å². The van der Waals surface area contributed by atoms with Crippen LogP contribution in [0.1, 0.15) is 114 Å². The molecule has 4 nitrogen and oxygen atoms in total. The third-order valence-corrected chi connectivity index (χ3v) is 22.2. The molecular weight excluding hydrogens is 1320 g/mol. The summed E-state index contributed by atoms with van der Waals surface area (Å²) < 4.78 is 0. The summed E-state index contributed by atoms with van der Waals surface area (Å²) in [7, 11) is 17.0. The van der Waals surface area contributed by atoms with Crippen LogP contribution in [0.15, 0.2) is 196 Å². The summed E-state index contributed by atoms with van der Waals surface area (Å²) in [6, 6.07) is 65.6. The molecule has 0 amide bonds. The molecule has 10 aromatic carbocycles. The molecule has 0 bridgehead atoms. The molecule has 0 N–H and O–H groups in total.